The predicted molar refractivity (Wildman–Crippen MR) is 61.9 cm³/mol. The molecule has 0 aliphatic carbocycles. The lowest BCUT2D eigenvalue weighted by Crippen LogP contribution is -2.24. The van der Waals surface area contributed by atoms with Gasteiger partial charge in [0, 0.05) is 23.4 Å². The van der Waals surface area contributed by atoms with Gasteiger partial charge in [-0.2, -0.15) is 5.26 Å². The van der Waals surface area contributed by atoms with E-state index in [4.69, 9.17) is 5.26 Å². The molecule has 1 aromatic rings. The summed E-state index contributed by atoms with van der Waals surface area (Å²) in [6.45, 7) is 0. The minimum absolute atomic E-state index is 0.0367. The molecule has 1 aromatic carbocycles. The molecule has 4 nitrogen and oxygen atoms in total. The Hall–Kier alpha value is -1.74. The van der Waals surface area contributed by atoms with E-state index in [-0.39, 0.29) is 28.5 Å². The first-order chi connectivity index (χ1) is 8.06. The molecule has 90 valence electrons. The third-order valence-electron chi connectivity index (χ3n) is 2.07. The Labute approximate surface area is 101 Å². The van der Waals surface area contributed by atoms with E-state index in [0.717, 1.165) is 6.07 Å². The molecule has 0 aliphatic heterocycles. The minimum Gasteiger partial charge on any atom is -0.358 e. The monoisotopic (exact) mass is 254 g/mol. The van der Waals surface area contributed by atoms with E-state index in [1.165, 1.54) is 19.2 Å². The summed E-state index contributed by atoms with van der Waals surface area (Å²) in [5.74, 6) is -1.12. The van der Waals surface area contributed by atoms with Gasteiger partial charge < -0.3 is 5.32 Å². The maximum absolute atomic E-state index is 13.4. The van der Waals surface area contributed by atoms with Gasteiger partial charge in [0.15, 0.2) is 0 Å². The number of halogens is 1. The molecule has 0 saturated heterocycles. The van der Waals surface area contributed by atoms with Crippen LogP contribution in [0.3, 0.4) is 0 Å². The largest absolute Gasteiger partial charge is 0.358 e. The molecule has 1 unspecified atom stereocenters. The van der Waals surface area contributed by atoms with E-state index in [1.807, 2.05) is 6.07 Å². The van der Waals surface area contributed by atoms with Gasteiger partial charge in [0.1, 0.15) is 11.6 Å². The zero-order valence-electron chi connectivity index (χ0n) is 9.20. The number of hydrogen-bond acceptors (Lipinski definition) is 3. The lowest BCUT2D eigenvalue weighted by molar-refractivity contribution is -0.118. The molecule has 0 aliphatic rings. The molecular weight excluding hydrogens is 243 g/mol. The third-order valence-corrected chi connectivity index (χ3v) is 3.29. The normalized spacial score (nSPS) is 11.6. The van der Waals surface area contributed by atoms with Crippen molar-refractivity contribution in [3.63, 3.8) is 0 Å². The Morgan fingerprint density at radius 2 is 2.29 bits per heavy atom. The van der Waals surface area contributed by atoms with Gasteiger partial charge in [-0.15, -0.1) is 0 Å². The highest BCUT2D eigenvalue weighted by Crippen LogP contribution is 2.12. The van der Waals surface area contributed by atoms with Crippen LogP contribution in [0.15, 0.2) is 18.2 Å². The second kappa shape index (κ2) is 6.11. The molecule has 1 atom stereocenters. The average Bonchev–Trinajstić information content (AvgIpc) is 2.31. The van der Waals surface area contributed by atoms with Crippen molar-refractivity contribution in [3.8, 4) is 6.07 Å². The van der Waals surface area contributed by atoms with Crippen LogP contribution in [0.1, 0.15) is 11.1 Å². The van der Waals surface area contributed by atoms with Crippen molar-refractivity contribution in [3.05, 3.63) is 35.1 Å². The molecule has 0 radical (unpaired) electrons. The molecule has 0 bridgehead atoms. The molecule has 17 heavy (non-hydrogen) atoms. The maximum Gasteiger partial charge on any atom is 0.232 e. The predicted octanol–water partition coefficient (Wildman–Crippen LogP) is 0.692. The number of hydrogen-bond donors (Lipinski definition) is 1. The number of carbonyl (C=O) groups is 1. The van der Waals surface area contributed by atoms with Crippen LogP contribution < -0.4 is 5.32 Å². The quantitative estimate of drug-likeness (QED) is 0.859. The first-order valence-electron chi connectivity index (χ1n) is 4.81. The smallest absolute Gasteiger partial charge is 0.232 e. The van der Waals surface area contributed by atoms with Gasteiger partial charge >= 0.3 is 0 Å². The zero-order chi connectivity index (χ0) is 12.8. The fourth-order valence-corrected chi connectivity index (χ4v) is 2.30. The molecular formula is C11H11FN2O2S. The first kappa shape index (κ1) is 13.3. The molecule has 0 saturated carbocycles. The van der Waals surface area contributed by atoms with Crippen LogP contribution in [0.4, 0.5) is 4.39 Å². The summed E-state index contributed by atoms with van der Waals surface area (Å²) in [5.41, 5.74) is 0.453. The van der Waals surface area contributed by atoms with Crippen molar-refractivity contribution in [1.82, 2.24) is 5.32 Å². The third kappa shape index (κ3) is 3.96. The van der Waals surface area contributed by atoms with E-state index in [9.17, 15) is 13.4 Å². The van der Waals surface area contributed by atoms with Crippen molar-refractivity contribution >= 4 is 16.7 Å². The summed E-state index contributed by atoms with van der Waals surface area (Å²) in [6, 6.07) is 5.77. The average molecular weight is 254 g/mol. The molecule has 1 rings (SSSR count). The SMILES string of the molecule is CNC(=O)CS(=O)Cc1ccc(C#N)cc1F. The lowest BCUT2D eigenvalue weighted by Gasteiger charge is -2.03. The Morgan fingerprint density at radius 3 is 2.82 bits per heavy atom. The van der Waals surface area contributed by atoms with Crippen LogP contribution in [-0.2, 0) is 21.3 Å². The van der Waals surface area contributed by atoms with E-state index in [0.29, 0.717) is 0 Å². The van der Waals surface area contributed by atoms with Crippen molar-refractivity contribution in [2.45, 2.75) is 5.75 Å². The lowest BCUT2D eigenvalue weighted by atomic mass is 10.1. The molecule has 6 heteroatoms. The summed E-state index contributed by atoms with van der Waals surface area (Å²) in [7, 11) is -0.00850. The Bertz CT molecular complexity index is 497. The second-order valence-corrected chi connectivity index (χ2v) is 4.78. The van der Waals surface area contributed by atoms with Gasteiger partial charge in [0.25, 0.3) is 0 Å². The first-order valence-corrected chi connectivity index (χ1v) is 6.29. The van der Waals surface area contributed by atoms with Gasteiger partial charge in [-0.3, -0.25) is 9.00 Å². The van der Waals surface area contributed by atoms with E-state index in [2.05, 4.69) is 5.32 Å². The molecule has 1 N–H and O–H groups in total. The van der Waals surface area contributed by atoms with Gasteiger partial charge in [0.05, 0.1) is 17.4 Å². The van der Waals surface area contributed by atoms with E-state index < -0.39 is 16.6 Å². The number of nitrogens with one attached hydrogen (secondary N) is 1. The van der Waals surface area contributed by atoms with Crippen LogP contribution in [0.5, 0.6) is 0 Å². The molecule has 0 heterocycles. The van der Waals surface area contributed by atoms with Crippen molar-refractivity contribution < 1.29 is 13.4 Å². The number of carbonyl (C=O) groups excluding carboxylic acids is 1. The summed E-state index contributed by atoms with van der Waals surface area (Å²) in [4.78, 5) is 11.0. The molecule has 0 aromatic heterocycles. The molecule has 0 spiro atoms. The van der Waals surface area contributed by atoms with E-state index in [1.54, 1.807) is 0 Å². The van der Waals surface area contributed by atoms with Gasteiger partial charge in [-0.05, 0) is 12.1 Å². The summed E-state index contributed by atoms with van der Waals surface area (Å²) < 4.78 is 24.9. The van der Waals surface area contributed by atoms with Crippen molar-refractivity contribution in [2.24, 2.45) is 0 Å². The van der Waals surface area contributed by atoms with Crippen LogP contribution in [0.25, 0.3) is 0 Å². The van der Waals surface area contributed by atoms with Crippen LogP contribution in [0, 0.1) is 17.1 Å². The van der Waals surface area contributed by atoms with Crippen LogP contribution >= 0.6 is 0 Å². The fourth-order valence-electron chi connectivity index (χ4n) is 1.18. The second-order valence-electron chi connectivity index (χ2n) is 3.32. The van der Waals surface area contributed by atoms with Crippen LogP contribution in [-0.4, -0.2) is 22.9 Å². The van der Waals surface area contributed by atoms with E-state index >= 15 is 0 Å². The standard InChI is InChI=1S/C11H11FN2O2S/c1-14-11(15)7-17(16)6-9-3-2-8(5-13)4-10(9)12/h2-4H,6-7H2,1H3,(H,14,15). The summed E-state index contributed by atoms with van der Waals surface area (Å²) >= 11 is 0. The van der Waals surface area contributed by atoms with Gasteiger partial charge in [-0.1, -0.05) is 6.07 Å². The highest BCUT2D eigenvalue weighted by Gasteiger charge is 2.10. The Balaban J connectivity index is 2.73. The fraction of sp³-hybridized carbons (Fsp3) is 0.273. The zero-order valence-corrected chi connectivity index (χ0v) is 10.0. The molecule has 0 fully saturated rings. The van der Waals surface area contributed by atoms with Crippen molar-refractivity contribution in [1.29, 1.82) is 5.26 Å². The highest BCUT2D eigenvalue weighted by molar-refractivity contribution is 7.84. The number of nitrogens with zero attached hydrogens (tertiary/aromatic N) is 1. The van der Waals surface area contributed by atoms with Crippen LogP contribution in [0.2, 0.25) is 0 Å². The molecule has 1 amide bonds. The number of benzene rings is 1. The Kier molecular flexibility index (Phi) is 4.79. The number of rotatable bonds is 4. The Morgan fingerprint density at radius 1 is 1.59 bits per heavy atom. The summed E-state index contributed by atoms with van der Waals surface area (Å²) in [6.07, 6.45) is 0. The number of amides is 1. The number of nitriles is 1. The van der Waals surface area contributed by atoms with Gasteiger partial charge in [-0.25, -0.2) is 4.39 Å². The highest BCUT2D eigenvalue weighted by atomic mass is 32.2. The topological polar surface area (TPSA) is 70.0 Å². The summed E-state index contributed by atoms with van der Waals surface area (Å²) in [5, 5.41) is 10.9. The maximum atomic E-state index is 13.4. The van der Waals surface area contributed by atoms with Crippen molar-refractivity contribution in [2.75, 3.05) is 12.8 Å². The minimum atomic E-state index is -1.45. The van der Waals surface area contributed by atoms with Gasteiger partial charge in [0.2, 0.25) is 5.91 Å².